The molecule has 1 spiro atoms. The lowest BCUT2D eigenvalue weighted by Crippen LogP contribution is -2.44. The molecule has 2 N–H and O–H groups in total. The first-order valence-electron chi connectivity index (χ1n) is 11.2. The van der Waals surface area contributed by atoms with Crippen molar-refractivity contribution in [3.8, 4) is 5.75 Å². The predicted molar refractivity (Wildman–Crippen MR) is 124 cm³/mol. The number of rotatable bonds is 6. The van der Waals surface area contributed by atoms with Crippen LogP contribution < -0.4 is 15.0 Å². The van der Waals surface area contributed by atoms with Gasteiger partial charge in [0.15, 0.2) is 0 Å². The van der Waals surface area contributed by atoms with E-state index in [1.54, 1.807) is 12.0 Å². The van der Waals surface area contributed by atoms with Crippen LogP contribution in [0.3, 0.4) is 0 Å². The zero-order valence-electron chi connectivity index (χ0n) is 18.3. The maximum Gasteiger partial charge on any atom is 0.234 e. The molecule has 1 aromatic heterocycles. The number of H-pyrrole nitrogens is 1. The first kappa shape index (κ1) is 20.1. The maximum atomic E-state index is 13.4. The van der Waals surface area contributed by atoms with Gasteiger partial charge in [0.05, 0.1) is 31.6 Å². The Hall–Kier alpha value is -3.58. The van der Waals surface area contributed by atoms with Crippen molar-refractivity contribution in [1.82, 2.24) is 10.3 Å². The number of nitrogens with zero attached hydrogens (tertiary/aromatic N) is 1. The first-order valence-corrected chi connectivity index (χ1v) is 11.2. The number of hydrogen-bond donors (Lipinski definition) is 2. The van der Waals surface area contributed by atoms with E-state index in [0.717, 1.165) is 27.9 Å². The van der Waals surface area contributed by atoms with Crippen LogP contribution in [0.25, 0.3) is 10.9 Å². The zero-order chi connectivity index (χ0) is 22.6. The normalized spacial score (nSPS) is 27.4. The van der Waals surface area contributed by atoms with Crippen molar-refractivity contribution in [3.63, 3.8) is 0 Å². The molecule has 4 atom stereocenters. The number of ether oxygens (including phenoxy) is 2. The summed E-state index contributed by atoms with van der Waals surface area (Å²) in [7, 11) is 1.61. The summed E-state index contributed by atoms with van der Waals surface area (Å²) in [6.45, 7) is 0.915. The maximum absolute atomic E-state index is 13.4. The number of carbonyl (C=O) groups is 2. The summed E-state index contributed by atoms with van der Waals surface area (Å²) in [5.74, 6) is -0.491. The number of carbonyl (C=O) groups excluding carboxylic acids is 2. The molecule has 2 amide bonds. The molecule has 3 aliphatic rings. The Morgan fingerprint density at radius 1 is 1.24 bits per heavy atom. The lowest BCUT2D eigenvalue weighted by molar-refractivity contribution is -0.131. The summed E-state index contributed by atoms with van der Waals surface area (Å²) < 4.78 is 11.5. The highest BCUT2D eigenvalue weighted by atomic mass is 16.5. The number of hydrogen-bond acceptors (Lipinski definition) is 4. The van der Waals surface area contributed by atoms with Crippen LogP contribution in [0.4, 0.5) is 5.69 Å². The molecule has 7 heteroatoms. The smallest absolute Gasteiger partial charge is 0.234 e. The fourth-order valence-corrected chi connectivity index (χ4v) is 5.56. The Labute approximate surface area is 191 Å². The van der Waals surface area contributed by atoms with E-state index in [1.807, 2.05) is 60.8 Å². The van der Waals surface area contributed by atoms with E-state index < -0.39 is 17.4 Å². The van der Waals surface area contributed by atoms with Crippen LogP contribution in [-0.4, -0.2) is 48.7 Å². The fourth-order valence-electron chi connectivity index (χ4n) is 5.56. The van der Waals surface area contributed by atoms with E-state index in [2.05, 4.69) is 16.4 Å². The Kier molecular flexibility index (Phi) is 4.55. The van der Waals surface area contributed by atoms with E-state index in [0.29, 0.717) is 19.5 Å². The number of amides is 2. The van der Waals surface area contributed by atoms with E-state index in [4.69, 9.17) is 9.47 Å². The average molecular weight is 444 g/mol. The number of para-hydroxylation sites is 1. The highest BCUT2D eigenvalue weighted by Crippen LogP contribution is 2.52. The largest absolute Gasteiger partial charge is 0.497 e. The van der Waals surface area contributed by atoms with Crippen LogP contribution in [0.2, 0.25) is 0 Å². The molecular formula is C26H25N3O4. The minimum atomic E-state index is -0.736. The molecule has 0 radical (unpaired) electrons. The molecule has 3 aromatic rings. The summed E-state index contributed by atoms with van der Waals surface area (Å²) in [5, 5.41) is 4.22. The summed E-state index contributed by atoms with van der Waals surface area (Å²) in [5.41, 5.74) is 2.29. The van der Waals surface area contributed by atoms with Crippen LogP contribution in [0.5, 0.6) is 5.75 Å². The molecule has 2 bridgehead atoms. The molecule has 2 saturated heterocycles. The van der Waals surface area contributed by atoms with Gasteiger partial charge in [0, 0.05) is 29.3 Å². The second kappa shape index (κ2) is 7.49. The topological polar surface area (TPSA) is 83.7 Å². The number of anilines is 1. The van der Waals surface area contributed by atoms with Crippen LogP contribution in [0, 0.1) is 11.8 Å². The van der Waals surface area contributed by atoms with E-state index in [-0.39, 0.29) is 17.9 Å². The molecule has 4 unspecified atom stereocenters. The first-order chi connectivity index (χ1) is 16.1. The number of aromatic amines is 1. The van der Waals surface area contributed by atoms with Crippen molar-refractivity contribution in [2.45, 2.75) is 18.1 Å². The quantitative estimate of drug-likeness (QED) is 0.574. The number of fused-ring (bicyclic) bond motifs is 2. The average Bonchev–Trinajstić information content (AvgIpc) is 3.59. The van der Waals surface area contributed by atoms with E-state index in [9.17, 15) is 9.59 Å². The molecule has 0 saturated carbocycles. The van der Waals surface area contributed by atoms with Gasteiger partial charge in [-0.05, 0) is 42.3 Å². The molecule has 168 valence electrons. The van der Waals surface area contributed by atoms with Crippen molar-refractivity contribution < 1.29 is 19.1 Å². The Balaban J connectivity index is 1.17. The van der Waals surface area contributed by atoms with Gasteiger partial charge in [-0.15, -0.1) is 0 Å². The molecule has 3 aliphatic heterocycles. The third kappa shape index (κ3) is 3.07. The minimum Gasteiger partial charge on any atom is -0.497 e. The summed E-state index contributed by atoms with van der Waals surface area (Å²) in [6, 6.07) is 15.5. The Morgan fingerprint density at radius 3 is 2.88 bits per heavy atom. The van der Waals surface area contributed by atoms with E-state index >= 15 is 0 Å². The van der Waals surface area contributed by atoms with Crippen molar-refractivity contribution >= 4 is 28.4 Å². The van der Waals surface area contributed by atoms with Crippen LogP contribution in [0.1, 0.15) is 5.56 Å². The molecule has 2 fully saturated rings. The van der Waals surface area contributed by atoms with Gasteiger partial charge in [-0.3, -0.25) is 9.59 Å². The van der Waals surface area contributed by atoms with Crippen molar-refractivity contribution in [1.29, 1.82) is 0 Å². The summed E-state index contributed by atoms with van der Waals surface area (Å²) in [4.78, 5) is 31.7. The Morgan fingerprint density at radius 2 is 2.06 bits per heavy atom. The van der Waals surface area contributed by atoms with Gasteiger partial charge in [0.1, 0.15) is 11.4 Å². The highest BCUT2D eigenvalue weighted by molar-refractivity contribution is 6.03. The number of aromatic nitrogens is 1. The fraction of sp³-hybridized carbons (Fsp3) is 0.308. The van der Waals surface area contributed by atoms with Crippen molar-refractivity contribution in [2.24, 2.45) is 11.8 Å². The number of benzene rings is 2. The third-order valence-electron chi connectivity index (χ3n) is 7.16. The standard InChI is InChI=1S/C26H25N3O4/c1-32-18-8-6-17(7-9-18)29-15-26-12-10-21(33-26)22(23(26)25(29)31)24(30)27-13-11-16-14-28-20-5-3-2-4-19(16)20/h2-10,12,14,21-23,28H,11,13,15H2,1H3,(H,27,30). The monoisotopic (exact) mass is 443 g/mol. The number of nitrogens with one attached hydrogen (secondary N) is 2. The molecule has 0 aliphatic carbocycles. The van der Waals surface area contributed by atoms with Gasteiger partial charge in [0.25, 0.3) is 0 Å². The van der Waals surface area contributed by atoms with Crippen molar-refractivity contribution in [3.05, 3.63) is 72.4 Å². The summed E-state index contributed by atoms with van der Waals surface area (Å²) in [6.07, 6.45) is 6.25. The van der Waals surface area contributed by atoms with Gasteiger partial charge < -0.3 is 24.7 Å². The van der Waals surface area contributed by atoms with Crippen molar-refractivity contribution in [2.75, 3.05) is 25.1 Å². The molecule has 2 aromatic carbocycles. The van der Waals surface area contributed by atoms with Gasteiger partial charge in [0.2, 0.25) is 11.8 Å². The summed E-state index contributed by atoms with van der Waals surface area (Å²) >= 11 is 0. The second-order valence-corrected chi connectivity index (χ2v) is 8.92. The molecule has 33 heavy (non-hydrogen) atoms. The predicted octanol–water partition coefficient (Wildman–Crippen LogP) is 2.82. The number of methoxy groups -OCH3 is 1. The molecule has 6 rings (SSSR count). The zero-order valence-corrected chi connectivity index (χ0v) is 18.3. The van der Waals surface area contributed by atoms with Gasteiger partial charge in [-0.25, -0.2) is 0 Å². The van der Waals surface area contributed by atoms with Gasteiger partial charge >= 0.3 is 0 Å². The van der Waals surface area contributed by atoms with Crippen LogP contribution in [-0.2, 0) is 20.7 Å². The highest BCUT2D eigenvalue weighted by Gasteiger charge is 2.67. The minimum absolute atomic E-state index is 0.0659. The molecular weight excluding hydrogens is 418 g/mol. The van der Waals surface area contributed by atoms with Crippen LogP contribution in [0.15, 0.2) is 66.9 Å². The van der Waals surface area contributed by atoms with Gasteiger partial charge in [-0.1, -0.05) is 30.4 Å². The Bertz CT molecular complexity index is 1260. The lowest BCUT2D eigenvalue weighted by Gasteiger charge is -2.23. The van der Waals surface area contributed by atoms with Gasteiger partial charge in [-0.2, -0.15) is 0 Å². The van der Waals surface area contributed by atoms with E-state index in [1.165, 1.54) is 0 Å². The van der Waals surface area contributed by atoms with Crippen LogP contribution >= 0.6 is 0 Å². The third-order valence-corrected chi connectivity index (χ3v) is 7.16. The molecule has 7 nitrogen and oxygen atoms in total. The lowest BCUT2D eigenvalue weighted by atomic mass is 9.77. The molecule has 4 heterocycles. The second-order valence-electron chi connectivity index (χ2n) is 8.92. The SMILES string of the molecule is COc1ccc(N2CC34C=CC(O3)C(C(=O)NCCc3c[nH]c5ccccc35)C4C2=O)cc1.